The first kappa shape index (κ1) is 12.6. The van der Waals surface area contributed by atoms with Gasteiger partial charge in [-0.3, -0.25) is 4.40 Å². The summed E-state index contributed by atoms with van der Waals surface area (Å²) < 4.78 is 2.20. The van der Waals surface area contributed by atoms with Crippen molar-refractivity contribution in [3.05, 3.63) is 29.8 Å². The molecule has 3 nitrogen and oxygen atoms in total. The number of aromatic nitrogens is 3. The lowest BCUT2D eigenvalue weighted by Crippen LogP contribution is -1.99. The minimum atomic E-state index is 0.877. The van der Waals surface area contributed by atoms with Gasteiger partial charge in [-0.25, -0.2) is 9.97 Å². The highest BCUT2D eigenvalue weighted by Gasteiger charge is 2.12. The van der Waals surface area contributed by atoms with E-state index in [0.29, 0.717) is 0 Å². The average molecular weight is 257 g/mol. The third-order valence-electron chi connectivity index (χ3n) is 4.16. The van der Waals surface area contributed by atoms with Gasteiger partial charge in [0.2, 0.25) is 5.78 Å². The topological polar surface area (TPSA) is 30.2 Å². The standard InChI is InChI=1S/C16H23N3/c1-2-4-6-8-11-15-14(10-7-5-3-1)18-16-17-12-9-13-19(15)16/h9,12-13H,1-8,10-11H2. The normalized spacial score (nSPS) is 18.5. The van der Waals surface area contributed by atoms with Gasteiger partial charge in [-0.05, 0) is 31.7 Å². The van der Waals surface area contributed by atoms with Crippen molar-refractivity contribution in [3.8, 4) is 0 Å². The van der Waals surface area contributed by atoms with E-state index in [1.165, 1.54) is 62.8 Å². The van der Waals surface area contributed by atoms with Crippen molar-refractivity contribution in [2.45, 2.75) is 64.2 Å². The van der Waals surface area contributed by atoms with Crippen molar-refractivity contribution in [2.24, 2.45) is 0 Å². The number of rotatable bonds is 0. The van der Waals surface area contributed by atoms with Gasteiger partial charge in [-0.2, -0.15) is 0 Å². The average Bonchev–Trinajstić information content (AvgIpc) is 2.77. The van der Waals surface area contributed by atoms with Crippen molar-refractivity contribution < 1.29 is 0 Å². The summed E-state index contributed by atoms with van der Waals surface area (Å²) in [5.41, 5.74) is 2.70. The Morgan fingerprint density at radius 2 is 1.53 bits per heavy atom. The largest absolute Gasteiger partial charge is 0.288 e. The van der Waals surface area contributed by atoms with Crippen LogP contribution in [0.5, 0.6) is 0 Å². The van der Waals surface area contributed by atoms with Crippen LogP contribution in [0, 0.1) is 0 Å². The van der Waals surface area contributed by atoms with E-state index in [0.717, 1.165) is 18.6 Å². The number of aryl methyl sites for hydroxylation is 2. The Kier molecular flexibility index (Phi) is 4.11. The summed E-state index contributed by atoms with van der Waals surface area (Å²) >= 11 is 0. The number of hydrogen-bond acceptors (Lipinski definition) is 2. The molecule has 0 saturated heterocycles. The van der Waals surface area contributed by atoms with Crippen LogP contribution in [0.15, 0.2) is 18.5 Å². The zero-order valence-electron chi connectivity index (χ0n) is 11.6. The van der Waals surface area contributed by atoms with Crippen LogP contribution in [0.4, 0.5) is 0 Å². The smallest absolute Gasteiger partial charge is 0.234 e. The minimum absolute atomic E-state index is 0.877. The molecule has 0 saturated carbocycles. The Bertz CT molecular complexity index is 530. The molecule has 0 radical (unpaired) electrons. The quantitative estimate of drug-likeness (QED) is 0.715. The fraction of sp³-hybridized carbons (Fsp3) is 0.625. The lowest BCUT2D eigenvalue weighted by molar-refractivity contribution is 0.555. The van der Waals surface area contributed by atoms with Gasteiger partial charge in [0.25, 0.3) is 0 Å². The van der Waals surface area contributed by atoms with Crippen LogP contribution in [0.1, 0.15) is 62.8 Å². The molecule has 0 amide bonds. The van der Waals surface area contributed by atoms with E-state index in [4.69, 9.17) is 4.98 Å². The molecule has 0 bridgehead atoms. The highest BCUT2D eigenvalue weighted by atomic mass is 15.1. The Hall–Kier alpha value is -1.38. The van der Waals surface area contributed by atoms with Gasteiger partial charge in [-0.15, -0.1) is 0 Å². The Morgan fingerprint density at radius 1 is 0.842 bits per heavy atom. The zero-order valence-corrected chi connectivity index (χ0v) is 11.6. The van der Waals surface area contributed by atoms with Gasteiger partial charge in [0.05, 0.1) is 5.69 Å². The maximum atomic E-state index is 4.73. The van der Waals surface area contributed by atoms with Crippen LogP contribution >= 0.6 is 0 Å². The maximum Gasteiger partial charge on any atom is 0.234 e. The first-order valence-corrected chi connectivity index (χ1v) is 7.76. The fourth-order valence-electron chi connectivity index (χ4n) is 3.09. The van der Waals surface area contributed by atoms with Gasteiger partial charge in [0.15, 0.2) is 0 Å². The van der Waals surface area contributed by atoms with E-state index in [2.05, 4.69) is 15.6 Å². The van der Waals surface area contributed by atoms with Crippen LogP contribution in [0.2, 0.25) is 0 Å². The second kappa shape index (κ2) is 6.18. The highest BCUT2D eigenvalue weighted by molar-refractivity contribution is 5.35. The molecule has 2 heterocycles. The lowest BCUT2D eigenvalue weighted by atomic mass is 10.0. The summed E-state index contributed by atoms with van der Waals surface area (Å²) in [6.07, 6.45) is 17.1. The number of imidazole rings is 1. The molecule has 0 fully saturated rings. The predicted octanol–water partition coefficient (Wildman–Crippen LogP) is 3.95. The highest BCUT2D eigenvalue weighted by Crippen LogP contribution is 2.19. The first-order chi connectivity index (χ1) is 9.45. The van der Waals surface area contributed by atoms with Crippen LogP contribution in [-0.4, -0.2) is 14.4 Å². The lowest BCUT2D eigenvalue weighted by Gasteiger charge is -2.07. The SMILES string of the molecule is c1cnc2nc3c(n2c1)CCCCCCCCCC3. The molecular formula is C16H23N3. The van der Waals surface area contributed by atoms with Crippen LogP contribution in [-0.2, 0) is 12.8 Å². The van der Waals surface area contributed by atoms with Gasteiger partial charge >= 0.3 is 0 Å². The number of nitrogens with zero attached hydrogens (tertiary/aromatic N) is 3. The molecule has 0 unspecified atom stereocenters. The second-order valence-corrected chi connectivity index (χ2v) is 5.62. The zero-order chi connectivity index (χ0) is 12.9. The first-order valence-electron chi connectivity index (χ1n) is 7.76. The third-order valence-corrected chi connectivity index (χ3v) is 4.16. The van der Waals surface area contributed by atoms with Crippen LogP contribution < -0.4 is 0 Å². The van der Waals surface area contributed by atoms with Crippen molar-refractivity contribution in [1.82, 2.24) is 14.4 Å². The maximum absolute atomic E-state index is 4.73. The summed E-state index contributed by atoms with van der Waals surface area (Å²) in [7, 11) is 0. The van der Waals surface area contributed by atoms with E-state index < -0.39 is 0 Å². The summed E-state index contributed by atoms with van der Waals surface area (Å²) in [6, 6.07) is 2.01. The van der Waals surface area contributed by atoms with Crippen molar-refractivity contribution in [3.63, 3.8) is 0 Å². The van der Waals surface area contributed by atoms with E-state index in [9.17, 15) is 0 Å². The van der Waals surface area contributed by atoms with Gasteiger partial charge in [-0.1, -0.05) is 38.5 Å². The molecule has 0 N–H and O–H groups in total. The molecule has 1 aliphatic carbocycles. The van der Waals surface area contributed by atoms with Crippen molar-refractivity contribution in [2.75, 3.05) is 0 Å². The molecule has 3 rings (SSSR count). The molecule has 0 atom stereocenters. The Labute approximate surface area is 115 Å². The van der Waals surface area contributed by atoms with E-state index >= 15 is 0 Å². The monoisotopic (exact) mass is 257 g/mol. The second-order valence-electron chi connectivity index (χ2n) is 5.62. The van der Waals surface area contributed by atoms with Gasteiger partial charge in [0.1, 0.15) is 0 Å². The van der Waals surface area contributed by atoms with Gasteiger partial charge < -0.3 is 0 Å². The molecule has 0 spiro atoms. The van der Waals surface area contributed by atoms with E-state index in [1.54, 1.807) is 0 Å². The Balaban J connectivity index is 1.87. The third kappa shape index (κ3) is 2.96. The van der Waals surface area contributed by atoms with E-state index in [-0.39, 0.29) is 0 Å². The minimum Gasteiger partial charge on any atom is -0.288 e. The molecule has 0 aromatic carbocycles. The van der Waals surface area contributed by atoms with Crippen LogP contribution in [0.25, 0.3) is 5.78 Å². The van der Waals surface area contributed by atoms with Gasteiger partial charge in [0, 0.05) is 18.1 Å². The Morgan fingerprint density at radius 3 is 2.32 bits per heavy atom. The van der Waals surface area contributed by atoms with E-state index in [1.807, 2.05) is 12.3 Å². The summed E-state index contributed by atoms with van der Waals surface area (Å²) in [4.78, 5) is 9.12. The molecule has 0 aliphatic heterocycles. The molecule has 3 heteroatoms. The predicted molar refractivity (Wildman–Crippen MR) is 77.3 cm³/mol. The molecular weight excluding hydrogens is 234 g/mol. The van der Waals surface area contributed by atoms with Crippen LogP contribution in [0.3, 0.4) is 0 Å². The molecule has 102 valence electrons. The summed E-state index contributed by atoms with van der Waals surface area (Å²) in [5, 5.41) is 0. The summed E-state index contributed by atoms with van der Waals surface area (Å²) in [6.45, 7) is 0. The molecule has 1 aliphatic rings. The van der Waals surface area contributed by atoms with Crippen molar-refractivity contribution >= 4 is 5.78 Å². The molecule has 19 heavy (non-hydrogen) atoms. The number of fused-ring (bicyclic) bond motifs is 3. The summed E-state index contributed by atoms with van der Waals surface area (Å²) in [5.74, 6) is 0.877. The fourth-order valence-corrected chi connectivity index (χ4v) is 3.09. The number of hydrogen-bond donors (Lipinski definition) is 0. The molecule has 2 aromatic heterocycles. The molecule has 2 aromatic rings. The van der Waals surface area contributed by atoms with Crippen molar-refractivity contribution in [1.29, 1.82) is 0 Å².